The van der Waals surface area contributed by atoms with E-state index in [1.165, 1.54) is 12.4 Å². The third-order valence-electron chi connectivity index (χ3n) is 7.57. The molecule has 0 N–H and O–H groups in total. The van der Waals surface area contributed by atoms with Gasteiger partial charge in [0, 0.05) is 26.2 Å². The summed E-state index contributed by atoms with van der Waals surface area (Å²) in [6, 6.07) is 5.93. The number of halogens is 6. The zero-order chi connectivity index (χ0) is 32.4. The molecule has 2 atom stereocenters. The molecule has 4 rings (SSSR count). The predicted molar refractivity (Wildman–Crippen MR) is 154 cm³/mol. The first kappa shape index (κ1) is 32.9. The molecule has 3 aromatic rings. The van der Waals surface area contributed by atoms with Crippen LogP contribution in [-0.4, -0.2) is 42.3 Å². The molecule has 2 heterocycles. The van der Waals surface area contributed by atoms with E-state index in [-0.39, 0.29) is 43.7 Å². The van der Waals surface area contributed by atoms with E-state index in [2.05, 4.69) is 9.97 Å². The molecule has 7 nitrogen and oxygen atoms in total. The van der Waals surface area contributed by atoms with Crippen LogP contribution in [0.4, 0.5) is 48.5 Å². The number of anilines is 3. The molecule has 0 unspecified atom stereocenters. The highest BCUT2D eigenvalue weighted by molar-refractivity contribution is 5.90. The highest BCUT2D eigenvalue weighted by atomic mass is 19.4. The van der Waals surface area contributed by atoms with Crippen LogP contribution >= 0.6 is 0 Å². The molecule has 13 heteroatoms. The number of hydrogen-bond acceptors (Lipinski definition) is 6. The van der Waals surface area contributed by atoms with Crippen LogP contribution in [0.5, 0.6) is 0 Å². The summed E-state index contributed by atoms with van der Waals surface area (Å²) in [6.07, 6.45) is -6.81. The van der Waals surface area contributed by atoms with E-state index in [4.69, 9.17) is 11.7 Å². The highest BCUT2D eigenvalue weighted by Crippen LogP contribution is 2.44. The van der Waals surface area contributed by atoms with Crippen molar-refractivity contribution in [1.82, 2.24) is 9.97 Å². The van der Waals surface area contributed by atoms with Gasteiger partial charge in [0.1, 0.15) is 0 Å². The fraction of sp³-hybridized carbons (Fsp3) is 0.419. The topological polar surface area (TPSA) is 61.8 Å². The molecule has 1 aliphatic rings. The molecule has 0 fully saturated rings. The second kappa shape index (κ2) is 12.9. The van der Waals surface area contributed by atoms with E-state index in [1.807, 2.05) is 26.0 Å². The van der Waals surface area contributed by atoms with E-state index in [0.29, 0.717) is 35.5 Å². The van der Waals surface area contributed by atoms with Crippen LogP contribution in [0, 0.1) is 13.8 Å². The van der Waals surface area contributed by atoms with Gasteiger partial charge >= 0.3 is 18.4 Å². The molecule has 0 saturated heterocycles. The van der Waals surface area contributed by atoms with Crippen LogP contribution in [0.1, 0.15) is 60.5 Å². The van der Waals surface area contributed by atoms with Crippen molar-refractivity contribution in [2.24, 2.45) is 0 Å². The van der Waals surface area contributed by atoms with E-state index >= 15 is 0 Å². The number of carbonyl (C=O) groups excluding carboxylic acids is 1. The van der Waals surface area contributed by atoms with E-state index in [1.54, 1.807) is 34.7 Å². The van der Waals surface area contributed by atoms with Crippen LogP contribution < -0.4 is 14.7 Å². The van der Waals surface area contributed by atoms with Crippen molar-refractivity contribution in [2.45, 2.75) is 64.6 Å². The largest absolute Gasteiger partial charge is 0.449 e. The molecule has 0 bridgehead atoms. The fourth-order valence-corrected chi connectivity index (χ4v) is 5.32. The SMILES string of the molecule is [CH]CN(C)c1cnc(N(Cc2cc(C(F)(F)F)cc(C(F)(F)F)c2)[C@H]2C[C@@H](CC)N(C(=O)OCC)c3ccc(C)cc32)nc1. The second-order valence-corrected chi connectivity index (χ2v) is 10.6. The average molecular weight is 622 g/mol. The Labute approximate surface area is 252 Å². The number of fused-ring (bicyclic) bond motifs is 1. The summed E-state index contributed by atoms with van der Waals surface area (Å²) in [6.45, 7) is 11.1. The molecule has 1 aliphatic heterocycles. The van der Waals surface area contributed by atoms with Crippen molar-refractivity contribution in [1.29, 1.82) is 0 Å². The first-order valence-electron chi connectivity index (χ1n) is 14.0. The number of aryl methyl sites for hydroxylation is 1. The zero-order valence-corrected chi connectivity index (χ0v) is 24.7. The first-order valence-corrected chi connectivity index (χ1v) is 14.0. The number of benzene rings is 2. The van der Waals surface area contributed by atoms with Gasteiger partial charge in [-0.1, -0.05) is 24.6 Å². The molecule has 0 aliphatic carbocycles. The van der Waals surface area contributed by atoms with Gasteiger partial charge < -0.3 is 14.5 Å². The molecule has 1 amide bonds. The van der Waals surface area contributed by atoms with Gasteiger partial charge in [-0.3, -0.25) is 4.90 Å². The number of rotatable bonds is 8. The lowest BCUT2D eigenvalue weighted by Gasteiger charge is -2.44. The molecule has 0 spiro atoms. The average Bonchev–Trinajstić information content (AvgIpc) is 2.98. The minimum absolute atomic E-state index is 0.0852. The number of ether oxygens (including phenoxy) is 1. The van der Waals surface area contributed by atoms with Crippen LogP contribution in [0.2, 0.25) is 0 Å². The third kappa shape index (κ3) is 7.02. The minimum atomic E-state index is -5.01. The fourth-order valence-electron chi connectivity index (χ4n) is 5.32. The Balaban J connectivity index is 1.91. The Morgan fingerprint density at radius 3 is 2.16 bits per heavy atom. The smallest absolute Gasteiger partial charge is 0.416 e. The molecular weight excluding hydrogens is 588 g/mol. The molecule has 44 heavy (non-hydrogen) atoms. The Morgan fingerprint density at radius 1 is 1.02 bits per heavy atom. The predicted octanol–water partition coefficient (Wildman–Crippen LogP) is 7.86. The Morgan fingerprint density at radius 2 is 1.64 bits per heavy atom. The van der Waals surface area contributed by atoms with Gasteiger partial charge in [0.25, 0.3) is 0 Å². The normalized spacial score (nSPS) is 16.8. The van der Waals surface area contributed by atoms with Crippen molar-refractivity contribution in [2.75, 3.05) is 34.9 Å². The van der Waals surface area contributed by atoms with Crippen molar-refractivity contribution < 1.29 is 35.9 Å². The van der Waals surface area contributed by atoms with Gasteiger partial charge in [0.15, 0.2) is 0 Å². The van der Waals surface area contributed by atoms with Crippen molar-refractivity contribution >= 4 is 23.4 Å². The van der Waals surface area contributed by atoms with E-state index < -0.39 is 41.7 Å². The maximum atomic E-state index is 13.8. The van der Waals surface area contributed by atoms with Gasteiger partial charge in [0.2, 0.25) is 5.95 Å². The van der Waals surface area contributed by atoms with Crippen molar-refractivity contribution in [3.05, 3.63) is 83.5 Å². The number of nitrogens with zero attached hydrogens (tertiary/aromatic N) is 5. The monoisotopic (exact) mass is 621 g/mol. The summed E-state index contributed by atoms with van der Waals surface area (Å²) >= 11 is 0. The van der Waals surface area contributed by atoms with Gasteiger partial charge in [-0.05, 0) is 69.0 Å². The lowest BCUT2D eigenvalue weighted by Crippen LogP contribution is -2.48. The van der Waals surface area contributed by atoms with Gasteiger partial charge in [-0.2, -0.15) is 26.3 Å². The summed E-state index contributed by atoms with van der Waals surface area (Å²) < 4.78 is 87.9. The van der Waals surface area contributed by atoms with Gasteiger partial charge in [-0.25, -0.2) is 14.8 Å². The third-order valence-corrected chi connectivity index (χ3v) is 7.57. The lowest BCUT2D eigenvalue weighted by atomic mass is 9.87. The molecule has 1 aromatic heterocycles. The number of amides is 1. The molecule has 0 saturated carbocycles. The lowest BCUT2D eigenvalue weighted by molar-refractivity contribution is -0.143. The molecule has 2 aromatic carbocycles. The summed E-state index contributed by atoms with van der Waals surface area (Å²) in [4.78, 5) is 26.8. The quantitative estimate of drug-likeness (QED) is 0.239. The van der Waals surface area contributed by atoms with Crippen LogP contribution in [0.25, 0.3) is 0 Å². The summed E-state index contributed by atoms with van der Waals surface area (Å²) in [7, 11) is 1.72. The van der Waals surface area contributed by atoms with E-state index in [9.17, 15) is 31.1 Å². The number of hydrogen-bond donors (Lipinski definition) is 0. The Kier molecular flexibility index (Phi) is 9.65. The van der Waals surface area contributed by atoms with Gasteiger partial charge in [0.05, 0.1) is 47.5 Å². The number of carbonyl (C=O) groups is 1. The highest BCUT2D eigenvalue weighted by Gasteiger charge is 2.41. The zero-order valence-electron chi connectivity index (χ0n) is 24.7. The van der Waals surface area contributed by atoms with E-state index in [0.717, 1.165) is 5.56 Å². The maximum Gasteiger partial charge on any atom is 0.416 e. The summed E-state index contributed by atoms with van der Waals surface area (Å²) in [5.74, 6) is 0.0852. The number of aromatic nitrogens is 2. The number of alkyl halides is 6. The van der Waals surface area contributed by atoms with Crippen LogP contribution in [-0.2, 0) is 23.6 Å². The van der Waals surface area contributed by atoms with Crippen molar-refractivity contribution in [3.8, 4) is 0 Å². The van der Waals surface area contributed by atoms with Gasteiger partial charge in [-0.15, -0.1) is 0 Å². The Bertz CT molecular complexity index is 1430. The Hall–Kier alpha value is -4.03. The molecule has 236 valence electrons. The minimum Gasteiger partial charge on any atom is -0.449 e. The summed E-state index contributed by atoms with van der Waals surface area (Å²) in [5, 5.41) is 0. The molecular formula is C31H33F6N5O2. The van der Waals surface area contributed by atoms with Crippen molar-refractivity contribution in [3.63, 3.8) is 0 Å². The second-order valence-electron chi connectivity index (χ2n) is 10.6. The standard InChI is InChI=1S/C31H33F6N5O2/c1-6-23-15-27(25-11-19(4)9-10-26(25)42(23)29(43)44-8-3)41(28-38-16-24(17-39-28)40(5)7-2)18-20-12-21(30(32,33)34)14-22(13-20)31(35,36)37/h2,9-14,16-17,23,27H,6-8,15,18H2,1,3-5H3/t23-,27+/m1/s1. The maximum absolute atomic E-state index is 13.8. The van der Waals surface area contributed by atoms with Crippen LogP contribution in [0.15, 0.2) is 48.8 Å². The first-order chi connectivity index (χ1) is 20.7. The summed E-state index contributed by atoms with van der Waals surface area (Å²) in [5.41, 5.74) is -0.486. The van der Waals surface area contributed by atoms with Crippen LogP contribution in [0.3, 0.4) is 0 Å². The molecule has 2 radical (unpaired) electrons.